The number of anilines is 1. The van der Waals surface area contributed by atoms with E-state index in [2.05, 4.69) is 0 Å². The van der Waals surface area contributed by atoms with Crippen molar-refractivity contribution in [3.05, 3.63) is 124 Å². The van der Waals surface area contributed by atoms with Gasteiger partial charge in [-0.25, -0.2) is 34.8 Å². The van der Waals surface area contributed by atoms with E-state index < -0.39 is 68.1 Å². The first-order valence-corrected chi connectivity index (χ1v) is 15.1. The summed E-state index contributed by atoms with van der Waals surface area (Å²) in [5, 5.41) is 0.263. The number of benzene rings is 4. The molecule has 0 bridgehead atoms. The lowest BCUT2D eigenvalue weighted by atomic mass is 10.1. The summed E-state index contributed by atoms with van der Waals surface area (Å²) in [6, 6.07) is 13.0. The van der Waals surface area contributed by atoms with E-state index in [1.165, 1.54) is 50.4 Å². The molecule has 0 saturated carbocycles. The van der Waals surface area contributed by atoms with Gasteiger partial charge in [0.15, 0.2) is 23.3 Å². The van der Waals surface area contributed by atoms with Crippen LogP contribution in [-0.2, 0) is 10.0 Å². The van der Waals surface area contributed by atoms with Crippen LogP contribution in [0.15, 0.2) is 77.7 Å². The van der Waals surface area contributed by atoms with Crippen molar-refractivity contribution in [1.82, 2.24) is 4.90 Å². The number of para-hydroxylation sites is 1. The summed E-state index contributed by atoms with van der Waals surface area (Å²) in [7, 11) is -3.26. The Hall–Kier alpha value is -4.23. The van der Waals surface area contributed by atoms with Gasteiger partial charge in [0, 0.05) is 30.2 Å². The van der Waals surface area contributed by atoms with Crippen LogP contribution in [0.1, 0.15) is 35.3 Å². The molecule has 0 spiro atoms. The second kappa shape index (κ2) is 13.8. The third kappa shape index (κ3) is 7.20. The van der Waals surface area contributed by atoms with E-state index in [4.69, 9.17) is 16.3 Å². The molecule has 45 heavy (non-hydrogen) atoms. The molecular formula is C31H25ClF6N2O4S. The van der Waals surface area contributed by atoms with E-state index >= 15 is 4.39 Å². The van der Waals surface area contributed by atoms with Gasteiger partial charge in [-0.3, -0.25) is 9.10 Å². The Labute approximate surface area is 260 Å². The van der Waals surface area contributed by atoms with Crippen molar-refractivity contribution in [1.29, 1.82) is 0 Å². The molecule has 0 heterocycles. The smallest absolute Gasteiger partial charge is 0.264 e. The molecule has 238 valence electrons. The van der Waals surface area contributed by atoms with Crippen LogP contribution in [0, 0.1) is 34.9 Å². The van der Waals surface area contributed by atoms with Crippen LogP contribution in [0.4, 0.5) is 32.0 Å². The van der Waals surface area contributed by atoms with Crippen molar-refractivity contribution in [3.8, 4) is 5.75 Å². The Morgan fingerprint density at radius 1 is 0.867 bits per heavy atom. The zero-order chi connectivity index (χ0) is 33.1. The molecule has 14 heteroatoms. The summed E-state index contributed by atoms with van der Waals surface area (Å²) in [5.74, 6) is -10.5. The van der Waals surface area contributed by atoms with Crippen molar-refractivity contribution in [2.45, 2.75) is 24.3 Å². The predicted octanol–water partition coefficient (Wildman–Crippen LogP) is 7.67. The van der Waals surface area contributed by atoms with Gasteiger partial charge in [-0.05, 0) is 61.9 Å². The standard InChI is InChI=1S/C31H25ClF6N2O4S/c1-18(40(26-16-20(33)10-13-24(26)34)45(42,43)21-11-8-19(32)9-12-21)22-6-3-4-7-27(22)44-15-5-14-39(2)31(41)23-17-25(35)29(37)30(38)28(23)36/h3-4,6-13,16-18H,5,14-15H2,1-2H3. The minimum atomic E-state index is -4.50. The van der Waals surface area contributed by atoms with Crippen LogP contribution in [0.5, 0.6) is 5.75 Å². The number of sulfonamides is 1. The quantitative estimate of drug-likeness (QED) is 0.0711. The van der Waals surface area contributed by atoms with Crippen molar-refractivity contribution < 1.29 is 44.3 Å². The molecule has 1 atom stereocenters. The van der Waals surface area contributed by atoms with E-state index in [1.807, 2.05) is 0 Å². The van der Waals surface area contributed by atoms with Gasteiger partial charge >= 0.3 is 0 Å². The average molecular weight is 671 g/mol. The van der Waals surface area contributed by atoms with Gasteiger partial charge in [-0.15, -0.1) is 0 Å². The number of ether oxygens (including phenoxy) is 1. The number of carbonyl (C=O) groups is 1. The molecule has 4 aromatic carbocycles. The van der Waals surface area contributed by atoms with Crippen molar-refractivity contribution in [2.75, 3.05) is 24.5 Å². The largest absolute Gasteiger partial charge is 0.493 e. The fourth-order valence-corrected chi connectivity index (χ4v) is 6.29. The lowest BCUT2D eigenvalue weighted by molar-refractivity contribution is 0.0781. The maximum absolute atomic E-state index is 15.1. The Bertz CT molecular complexity index is 1830. The molecule has 0 aliphatic carbocycles. The van der Waals surface area contributed by atoms with Gasteiger partial charge in [-0.2, -0.15) is 0 Å². The molecule has 4 aromatic rings. The first-order valence-electron chi connectivity index (χ1n) is 13.3. The fourth-order valence-electron chi connectivity index (χ4n) is 4.52. The van der Waals surface area contributed by atoms with Crippen LogP contribution in [0.2, 0.25) is 5.02 Å². The average Bonchev–Trinajstić information content (AvgIpc) is 3.01. The summed E-state index contributed by atoms with van der Waals surface area (Å²) in [4.78, 5) is 13.3. The number of hydrogen-bond acceptors (Lipinski definition) is 4. The maximum Gasteiger partial charge on any atom is 0.264 e. The van der Waals surface area contributed by atoms with Crippen LogP contribution >= 0.6 is 11.6 Å². The molecule has 6 nitrogen and oxygen atoms in total. The Balaban J connectivity index is 1.56. The highest BCUT2D eigenvalue weighted by atomic mass is 35.5. The van der Waals surface area contributed by atoms with Crippen LogP contribution in [0.25, 0.3) is 0 Å². The third-order valence-electron chi connectivity index (χ3n) is 6.81. The van der Waals surface area contributed by atoms with Crippen LogP contribution < -0.4 is 9.04 Å². The summed E-state index contributed by atoms with van der Waals surface area (Å²) in [6.45, 7) is 1.30. The molecule has 0 saturated heterocycles. The van der Waals surface area contributed by atoms with Gasteiger partial charge in [0.05, 0.1) is 28.8 Å². The molecule has 1 unspecified atom stereocenters. The Kier molecular flexibility index (Phi) is 10.3. The molecule has 0 aliphatic heterocycles. The number of amides is 1. The van der Waals surface area contributed by atoms with E-state index in [0.29, 0.717) is 0 Å². The van der Waals surface area contributed by atoms with Gasteiger partial charge < -0.3 is 9.64 Å². The number of rotatable bonds is 11. The summed E-state index contributed by atoms with van der Waals surface area (Å²) in [5.41, 5.74) is -1.25. The zero-order valence-corrected chi connectivity index (χ0v) is 25.3. The summed E-state index contributed by atoms with van der Waals surface area (Å²) < 4.78 is 118. The molecular weight excluding hydrogens is 646 g/mol. The van der Waals surface area contributed by atoms with E-state index in [-0.39, 0.29) is 46.9 Å². The lowest BCUT2D eigenvalue weighted by Crippen LogP contribution is -2.34. The lowest BCUT2D eigenvalue weighted by Gasteiger charge is -2.32. The zero-order valence-electron chi connectivity index (χ0n) is 23.7. The number of hydrogen-bond donors (Lipinski definition) is 0. The highest BCUT2D eigenvalue weighted by molar-refractivity contribution is 7.92. The maximum atomic E-state index is 15.1. The first-order chi connectivity index (χ1) is 21.2. The topological polar surface area (TPSA) is 66.9 Å². The molecule has 0 N–H and O–H groups in total. The minimum Gasteiger partial charge on any atom is -0.493 e. The monoisotopic (exact) mass is 670 g/mol. The number of halogens is 7. The fraction of sp³-hybridized carbons (Fsp3) is 0.194. The van der Waals surface area contributed by atoms with E-state index in [0.717, 1.165) is 27.4 Å². The minimum absolute atomic E-state index is 0.0752. The van der Waals surface area contributed by atoms with Gasteiger partial charge in [0.2, 0.25) is 0 Å². The summed E-state index contributed by atoms with van der Waals surface area (Å²) >= 11 is 5.92. The van der Waals surface area contributed by atoms with Gasteiger partial charge in [0.1, 0.15) is 17.4 Å². The number of carbonyl (C=O) groups excluding carboxylic acids is 1. The Morgan fingerprint density at radius 2 is 1.53 bits per heavy atom. The first kappa shape index (κ1) is 33.7. The van der Waals surface area contributed by atoms with Crippen molar-refractivity contribution in [2.24, 2.45) is 0 Å². The third-order valence-corrected chi connectivity index (χ3v) is 8.96. The SMILES string of the molecule is CC(c1ccccc1OCCCN(C)C(=O)c1cc(F)c(F)c(F)c1F)N(c1cc(F)ccc1F)S(=O)(=O)c1ccc(Cl)cc1. The molecule has 0 aliphatic rings. The van der Waals surface area contributed by atoms with Crippen LogP contribution in [-0.4, -0.2) is 39.4 Å². The van der Waals surface area contributed by atoms with Gasteiger partial charge in [0.25, 0.3) is 15.9 Å². The molecule has 0 radical (unpaired) electrons. The summed E-state index contributed by atoms with van der Waals surface area (Å²) in [6.07, 6.45) is 0.115. The highest BCUT2D eigenvalue weighted by Gasteiger charge is 2.34. The number of nitrogens with zero attached hydrogens (tertiary/aromatic N) is 2. The van der Waals surface area contributed by atoms with Crippen molar-refractivity contribution in [3.63, 3.8) is 0 Å². The highest BCUT2D eigenvalue weighted by Crippen LogP contribution is 2.38. The Morgan fingerprint density at radius 3 is 2.22 bits per heavy atom. The second-order valence-corrected chi connectivity index (χ2v) is 12.1. The predicted molar refractivity (Wildman–Crippen MR) is 156 cm³/mol. The second-order valence-electron chi connectivity index (χ2n) is 9.84. The normalized spacial score (nSPS) is 12.1. The van der Waals surface area contributed by atoms with Gasteiger partial charge in [-0.1, -0.05) is 29.8 Å². The molecule has 0 fully saturated rings. The molecule has 1 amide bonds. The van der Waals surface area contributed by atoms with Crippen molar-refractivity contribution >= 4 is 33.2 Å². The van der Waals surface area contributed by atoms with E-state index in [1.54, 1.807) is 12.1 Å². The molecule has 4 rings (SSSR count). The molecule has 0 aromatic heterocycles. The van der Waals surface area contributed by atoms with E-state index in [9.17, 15) is 35.2 Å². The van der Waals surface area contributed by atoms with Crippen LogP contribution in [0.3, 0.4) is 0 Å².